The minimum absolute atomic E-state index is 0.0602. The molecule has 2 atom stereocenters. The standard InChI is InChI=1S/C23H25Cl2N5O4.C22H24Cl2N6O4.C19H17Cl2N5O4.C13H14Cl2O2.C9H6Cl2O2.C4H10O.C3H9NO/c1-23(2,3)34-22(31)17-13-29(12-16(17)15-6-5-14(24)11-18(15)25)10-4-9-27-20-8-7-19(30(32)33)21(26)28-20;1-13(12-31)27-22(32)17-11-29(10-16(17)15-4-3-14(23)9-18(15)24)8-2-7-26-20-6-5-19(30(33)34)21(25)28-20;20-11-2-3-12(15(21)8-11)13-9-25(10-14(13)19(27)28)7-1-6-23-17-5-4-16(26(29)30)18(22)24-17;1-13(2,3)17-12(16)7-5-9-4-6-10(14)8-11(9)15;10-7-3-1-6(8(11)5-7)2-4-9(12)13;1-4(2,3)5;1-3(4)2-5/h5-8,11-13H,4,9-10H2,1-3H3,(H3,26,27,28);3-6,9-11,13,31H,2,7-8,12H2,1H3,(H,27,32)(H3,25,26,28);2-5,8-10H,1,6-7H2,(H,27,28)(H3,22,23,24);4-8H,1-3H3;1-5H,(H,12,13);5H,1-3H3;3,5H,2,4H2,1H3/b;;;7-5+;4-2+;;/t;13-;;;;;3-/m.0....0/s1. The quantitative estimate of drug-likeness (QED) is 0.00631. The number of ether oxygens (including phenoxy) is 2. The molecule has 0 radical (unpaired) electrons. The molecule has 0 unspecified atom stereocenters. The maximum atomic E-state index is 12.9. The summed E-state index contributed by atoms with van der Waals surface area (Å²) in [6, 6.07) is 32.9. The summed E-state index contributed by atoms with van der Waals surface area (Å²) in [4.78, 5) is 102. The summed E-state index contributed by atoms with van der Waals surface area (Å²) in [5.41, 5.74) is 25.5. The molecule has 0 bridgehead atoms. The number of carboxylic acid groups (broad SMARTS) is 2. The summed E-state index contributed by atoms with van der Waals surface area (Å²) < 4.78 is 16.2. The first kappa shape index (κ1) is 116. The number of nitrogens with two attached hydrogens (primary N) is 4. The fourth-order valence-electron chi connectivity index (χ4n) is 11.4. The zero-order valence-electron chi connectivity index (χ0n) is 76.5. The van der Waals surface area contributed by atoms with Gasteiger partial charge in [0.25, 0.3) is 5.91 Å². The number of rotatable bonds is 31. The number of carbonyl (C=O) groups is 5. The summed E-state index contributed by atoms with van der Waals surface area (Å²) in [6.45, 7) is 22.7. The molecule has 0 aliphatic rings. The van der Waals surface area contributed by atoms with Crippen LogP contribution in [0, 0.1) is 30.3 Å². The normalized spacial score (nSPS) is 11.5. The van der Waals surface area contributed by atoms with E-state index in [1.807, 2.05) is 63.1 Å². The Balaban J connectivity index is 0.000000306. The molecule has 5 aromatic carbocycles. The van der Waals surface area contributed by atoms with Gasteiger partial charge in [-0.15, -0.1) is 0 Å². The van der Waals surface area contributed by atoms with Crippen LogP contribution in [0.4, 0.5) is 52.0 Å². The van der Waals surface area contributed by atoms with Gasteiger partial charge in [0.2, 0.25) is 17.5 Å². The summed E-state index contributed by atoms with van der Waals surface area (Å²) in [7, 11) is 0. The number of aliphatic hydroxyl groups is 3. The molecule has 6 aromatic heterocycles. The third-order valence-corrected chi connectivity index (χ3v) is 20.2. The Bertz CT molecular complexity index is 6110. The molecule has 35 nitrogen and oxygen atoms in total. The van der Waals surface area contributed by atoms with Crippen molar-refractivity contribution in [3.63, 3.8) is 0 Å². The maximum Gasteiger partial charge on any atom is 0.340 e. The number of hydrogen-bond donors (Lipinski definition) is 13. The number of nitro groups is 3. The van der Waals surface area contributed by atoms with Crippen LogP contribution >= 0.6 is 116 Å². The second-order valence-electron chi connectivity index (χ2n) is 32.8. The van der Waals surface area contributed by atoms with E-state index in [0.717, 1.165) is 11.6 Å². The van der Waals surface area contributed by atoms with E-state index in [4.69, 9.17) is 164 Å². The number of aryl methyl sites for hydroxylation is 3. The zero-order valence-corrected chi connectivity index (χ0v) is 84.0. The van der Waals surface area contributed by atoms with Crippen molar-refractivity contribution >= 4 is 210 Å². The molecule has 0 saturated carbocycles. The van der Waals surface area contributed by atoms with Crippen LogP contribution in [0.3, 0.4) is 0 Å². The van der Waals surface area contributed by atoms with Crippen molar-refractivity contribution in [2.45, 2.75) is 144 Å². The van der Waals surface area contributed by atoms with Crippen LogP contribution in [0.1, 0.15) is 138 Å². The van der Waals surface area contributed by atoms with E-state index in [9.17, 15) is 64.5 Å². The highest BCUT2D eigenvalue weighted by molar-refractivity contribution is 6.39. The summed E-state index contributed by atoms with van der Waals surface area (Å²) >= 11 is 60.2. The zero-order chi connectivity index (χ0) is 103. The molecular weight excluding hydrogens is 2000 g/mol. The number of nitrogen functional groups attached to an aromatic ring is 3. The molecule has 0 aliphatic carbocycles. The number of nitrogens with zero attached hydrogens (tertiary/aromatic N) is 9. The number of nitrogens with one attached hydrogen (secondary N) is 4. The lowest BCUT2D eigenvalue weighted by atomic mass is 10.0. The fourth-order valence-corrected chi connectivity index (χ4v) is 13.9. The Kier molecular flexibility index (Phi) is 46.9. The number of aliphatic hydroxyl groups excluding tert-OH is 2. The van der Waals surface area contributed by atoms with Gasteiger partial charge in [0.1, 0.15) is 28.7 Å². The fraction of sp³-hybridized carbons (Fsp3) is 0.290. The van der Waals surface area contributed by atoms with Gasteiger partial charge in [-0.3, -0.25) is 35.1 Å². The number of hydrogen-bond acceptors (Lipinski definition) is 26. The maximum absolute atomic E-state index is 12.9. The summed E-state index contributed by atoms with van der Waals surface area (Å²) in [6.07, 6.45) is 17.8. The number of pyridine rings is 3. The minimum atomic E-state index is -1.06. The van der Waals surface area contributed by atoms with Gasteiger partial charge in [-0.05, 0) is 198 Å². The molecule has 6 heterocycles. The number of benzene rings is 5. The summed E-state index contributed by atoms with van der Waals surface area (Å²) in [5, 5.41) is 92.8. The van der Waals surface area contributed by atoms with Crippen molar-refractivity contribution in [3.05, 3.63) is 285 Å². The van der Waals surface area contributed by atoms with Gasteiger partial charge < -0.3 is 92.9 Å². The molecule has 740 valence electrons. The van der Waals surface area contributed by atoms with Crippen molar-refractivity contribution in [2.24, 2.45) is 5.73 Å². The van der Waals surface area contributed by atoms with E-state index < -0.39 is 61.5 Å². The van der Waals surface area contributed by atoms with Crippen LogP contribution in [0.5, 0.6) is 0 Å². The van der Waals surface area contributed by atoms with Crippen LogP contribution in [0.2, 0.25) is 50.2 Å². The van der Waals surface area contributed by atoms with Gasteiger partial charge >= 0.3 is 40.9 Å². The highest BCUT2D eigenvalue weighted by Gasteiger charge is 2.27. The number of aromatic carboxylic acids is 1. The minimum Gasteiger partial charge on any atom is -0.478 e. The lowest BCUT2D eigenvalue weighted by Crippen LogP contribution is -2.35. The second kappa shape index (κ2) is 55.5. The number of aromatic nitrogens is 6. The number of anilines is 6. The molecule has 0 spiro atoms. The van der Waals surface area contributed by atoms with E-state index in [1.54, 1.807) is 161 Å². The van der Waals surface area contributed by atoms with Crippen molar-refractivity contribution in [1.29, 1.82) is 0 Å². The van der Waals surface area contributed by atoms with Gasteiger partial charge in [-0.2, -0.15) is 0 Å². The second-order valence-corrected chi connectivity index (χ2v) is 37.0. The average molecular weight is 2100 g/mol. The van der Waals surface area contributed by atoms with Crippen molar-refractivity contribution in [1.82, 2.24) is 34.0 Å². The molecule has 11 aromatic rings. The van der Waals surface area contributed by atoms with Crippen molar-refractivity contribution in [2.75, 3.05) is 66.0 Å². The molecule has 45 heteroatoms. The topological polar surface area (TPSA) is 540 Å². The van der Waals surface area contributed by atoms with E-state index >= 15 is 0 Å². The van der Waals surface area contributed by atoms with Crippen molar-refractivity contribution in [3.8, 4) is 33.4 Å². The molecule has 0 aliphatic heterocycles. The third-order valence-electron chi connectivity index (χ3n) is 17.5. The Labute approximate surface area is 845 Å². The van der Waals surface area contributed by atoms with Gasteiger partial charge in [0.15, 0.2) is 0 Å². The first-order valence-electron chi connectivity index (χ1n) is 41.6. The lowest BCUT2D eigenvalue weighted by molar-refractivity contribution is -0.384. The molecule has 1 amide bonds. The van der Waals surface area contributed by atoms with Gasteiger partial charge in [0, 0.05) is 202 Å². The largest absolute Gasteiger partial charge is 0.478 e. The van der Waals surface area contributed by atoms with Crippen LogP contribution in [0.25, 0.3) is 45.5 Å². The number of halogens is 10. The third kappa shape index (κ3) is 41.3. The number of esters is 2. The van der Waals surface area contributed by atoms with E-state index in [2.05, 4.69) is 36.2 Å². The monoisotopic (exact) mass is 2100 g/mol. The molecule has 11 rings (SSSR count). The predicted octanol–water partition coefficient (Wildman–Crippen LogP) is 21.9. The number of aliphatic carboxylic acids is 1. The molecule has 17 N–H and O–H groups in total. The SMILES string of the molecule is CC(C)(C)O.CC(C)(C)OC(=O)/C=C/c1ccc(Cl)cc1Cl.CC(C)(C)OC(=O)c1cn(CCCNc2ccc([N+](=O)[O-])c(N)n2)cc1-c1ccc(Cl)cc1Cl.C[C@@H](CO)NC(=O)c1cn(CCCNc2ccc([N+](=O)[O-])c(N)n2)cc1-c1ccc(Cl)cc1Cl.C[C@H](N)CO.Nc1nc(NCCCn2cc(C(=O)O)c(-c3ccc(Cl)cc3Cl)c2)ccc1[N+](=O)[O-].O=C(O)/C=C/c1ccc(Cl)cc1Cl. The van der Waals surface area contributed by atoms with Gasteiger partial charge in [-0.25, -0.2) is 34.1 Å². The van der Waals surface area contributed by atoms with Crippen LogP contribution < -0.4 is 44.2 Å². The number of amides is 1. The molecule has 138 heavy (non-hydrogen) atoms. The lowest BCUT2D eigenvalue weighted by Gasteiger charge is -2.19. The smallest absolute Gasteiger partial charge is 0.340 e. The van der Waals surface area contributed by atoms with E-state index in [0.29, 0.717) is 176 Å². The Morgan fingerprint density at radius 2 is 0.746 bits per heavy atom. The van der Waals surface area contributed by atoms with Crippen LogP contribution in [-0.4, -0.2) is 160 Å². The van der Waals surface area contributed by atoms with Crippen LogP contribution in [0.15, 0.2) is 177 Å². The molecular formula is C93H105Cl10N17O18. The Morgan fingerprint density at radius 1 is 0.442 bits per heavy atom. The highest BCUT2D eigenvalue weighted by Crippen LogP contribution is 2.38. The first-order chi connectivity index (χ1) is 64.5. The van der Waals surface area contributed by atoms with Gasteiger partial charge in [0.05, 0.1) is 50.3 Å². The average Bonchev–Trinajstić information content (AvgIpc) is 1.66. The summed E-state index contributed by atoms with van der Waals surface area (Å²) in [5.74, 6) is -2.41. The number of carboxylic acids is 2. The molecule has 0 saturated heterocycles. The Hall–Kier alpha value is -12.0. The van der Waals surface area contributed by atoms with Crippen LogP contribution in [-0.2, 0) is 38.7 Å². The number of carbonyl (C=O) groups excluding carboxylic acids is 3. The van der Waals surface area contributed by atoms with Crippen molar-refractivity contribution < 1.29 is 73.7 Å². The van der Waals surface area contributed by atoms with Gasteiger partial charge in [-0.1, -0.05) is 146 Å². The predicted molar refractivity (Wildman–Crippen MR) is 548 cm³/mol. The van der Waals surface area contributed by atoms with E-state index in [-0.39, 0.29) is 65.2 Å². The van der Waals surface area contributed by atoms with E-state index in [1.165, 1.54) is 48.6 Å². The highest BCUT2D eigenvalue weighted by atomic mass is 35.5. The Morgan fingerprint density at radius 3 is 1.04 bits per heavy atom. The first-order valence-corrected chi connectivity index (χ1v) is 45.4. The molecule has 0 fully saturated rings.